The molecule has 0 radical (unpaired) electrons. The van der Waals surface area contributed by atoms with Crippen LogP contribution in [0.25, 0.3) is 144 Å². The molecule has 8 nitrogen and oxygen atoms in total. The minimum Gasteiger partial charge on any atom is -0.423 e. The SMILES string of the molecule is Brc1nc(-c2ccc(-c3ccccc3)cc2)c2ccccc2n1.N#Cc1ccc(-c2ccc(-c3ccc(-c4nc(-c5ccc(-c6ccccc6)cc5)c5ccccc5n4)c4ccccc34)cc2)cc1.N#Cc1ccc(-c2ccc(-c3ccc(B(O)O)c4ccccc34)cc2)cc1. The summed E-state index contributed by atoms with van der Waals surface area (Å²) in [6.07, 6.45) is 0. The van der Waals surface area contributed by atoms with Crippen molar-refractivity contribution in [3.05, 3.63) is 343 Å². The number of para-hydroxylation sites is 2. The first-order valence-electron chi connectivity index (χ1n) is 31.4. The summed E-state index contributed by atoms with van der Waals surface area (Å²) in [5.41, 5.74) is 22.2. The normalized spacial score (nSPS) is 10.8. The van der Waals surface area contributed by atoms with Gasteiger partial charge in [-0.3, -0.25) is 0 Å². The summed E-state index contributed by atoms with van der Waals surface area (Å²) in [6.45, 7) is 0. The molecule has 96 heavy (non-hydrogen) atoms. The molecule has 0 atom stereocenters. The van der Waals surface area contributed by atoms with Crippen LogP contribution >= 0.6 is 15.9 Å². The molecule has 0 aliphatic carbocycles. The lowest BCUT2D eigenvalue weighted by Crippen LogP contribution is -2.30. The Bertz CT molecular complexity index is 5550. The van der Waals surface area contributed by atoms with Gasteiger partial charge in [-0.15, -0.1) is 0 Å². The van der Waals surface area contributed by atoms with Gasteiger partial charge < -0.3 is 10.0 Å². The maximum absolute atomic E-state index is 9.62. The van der Waals surface area contributed by atoms with Gasteiger partial charge in [0.15, 0.2) is 10.6 Å². The molecule has 0 saturated carbocycles. The van der Waals surface area contributed by atoms with Crippen LogP contribution in [-0.4, -0.2) is 37.1 Å². The molecule has 0 fully saturated rings. The average molecular weight is 1300 g/mol. The maximum atomic E-state index is 9.62. The van der Waals surface area contributed by atoms with Crippen LogP contribution in [0.3, 0.4) is 0 Å². The summed E-state index contributed by atoms with van der Waals surface area (Å²) in [5, 5.41) is 43.5. The van der Waals surface area contributed by atoms with E-state index in [2.05, 4.69) is 238 Å². The lowest BCUT2D eigenvalue weighted by atomic mass is 9.76. The first-order chi connectivity index (χ1) is 47.2. The van der Waals surface area contributed by atoms with Crippen molar-refractivity contribution < 1.29 is 10.0 Å². The highest BCUT2D eigenvalue weighted by molar-refractivity contribution is 9.10. The molecule has 0 saturated heterocycles. The molecule has 2 N–H and O–H groups in total. The number of hydrogen-bond donors (Lipinski definition) is 2. The molecule has 16 rings (SSSR count). The van der Waals surface area contributed by atoms with Gasteiger partial charge in [0.1, 0.15) is 0 Å². The van der Waals surface area contributed by atoms with Crippen LogP contribution in [0.15, 0.2) is 332 Å². The Kier molecular flexibility index (Phi) is 17.8. The second-order valence-electron chi connectivity index (χ2n) is 23.0. The standard InChI is InChI=1S/C43H27N3.C23H16BNO2.C20H13BrN2/c44-28-29-14-16-31(17-15-29)33-18-22-34(23-19-33)36-26-27-39(38-11-5-4-10-37(36)38)43-45-41-13-7-6-12-40(41)42(46-43)35-24-20-32(21-25-35)30-8-2-1-3-9-30;25-15-16-5-7-17(8-6-16)18-9-11-19(12-10-18)20-13-14-23(24(26)27)22-4-2-1-3-21(20)22;21-20-22-18-9-5-4-8-17(18)19(23-20)16-12-10-15(11-13-16)14-6-2-1-3-7-14/h1-27H;1-14,26-27H;1-13H. The van der Waals surface area contributed by atoms with Crippen LogP contribution in [0.4, 0.5) is 0 Å². The maximum Gasteiger partial charge on any atom is 0.489 e. The molecule has 2 heterocycles. The van der Waals surface area contributed by atoms with Crippen molar-refractivity contribution in [3.8, 4) is 113 Å². The predicted octanol–water partition coefficient (Wildman–Crippen LogP) is 20.4. The van der Waals surface area contributed by atoms with Crippen LogP contribution < -0.4 is 5.46 Å². The highest BCUT2D eigenvalue weighted by Crippen LogP contribution is 2.39. The molecule has 0 aliphatic heterocycles. The quantitative estimate of drug-likeness (QED) is 0.102. The van der Waals surface area contributed by atoms with Crippen molar-refractivity contribution in [1.29, 1.82) is 10.5 Å². The average Bonchev–Trinajstić information content (AvgIpc) is 0.781. The molecule has 0 spiro atoms. The van der Waals surface area contributed by atoms with Crippen LogP contribution in [-0.2, 0) is 0 Å². The zero-order chi connectivity index (χ0) is 65.3. The second kappa shape index (κ2) is 27.9. The molecule has 16 aromatic rings. The Labute approximate surface area is 565 Å². The van der Waals surface area contributed by atoms with E-state index < -0.39 is 7.12 Å². The third-order valence-electron chi connectivity index (χ3n) is 17.2. The molecule has 0 aliphatic rings. The summed E-state index contributed by atoms with van der Waals surface area (Å²) in [4.78, 5) is 19.3. The summed E-state index contributed by atoms with van der Waals surface area (Å²) in [6, 6.07) is 115. The van der Waals surface area contributed by atoms with E-state index >= 15 is 0 Å². The van der Waals surface area contributed by atoms with E-state index in [0.717, 1.165) is 116 Å². The molecular weight excluding hydrogens is 1240 g/mol. The summed E-state index contributed by atoms with van der Waals surface area (Å²) < 4.78 is 0.610. The van der Waals surface area contributed by atoms with E-state index in [1.807, 2.05) is 121 Å². The third kappa shape index (κ3) is 13.1. The van der Waals surface area contributed by atoms with Crippen LogP contribution in [0.1, 0.15) is 11.1 Å². The molecule has 0 unspecified atom stereocenters. The topological polar surface area (TPSA) is 140 Å². The van der Waals surface area contributed by atoms with E-state index in [-0.39, 0.29) is 0 Å². The molecule has 10 heteroatoms. The van der Waals surface area contributed by atoms with Crippen LogP contribution in [0, 0.1) is 22.7 Å². The zero-order valence-corrected chi connectivity index (χ0v) is 53.3. The van der Waals surface area contributed by atoms with E-state index in [1.54, 1.807) is 6.07 Å². The van der Waals surface area contributed by atoms with Crippen molar-refractivity contribution in [2.45, 2.75) is 0 Å². The minimum atomic E-state index is -1.50. The highest BCUT2D eigenvalue weighted by atomic mass is 79.9. The Balaban J connectivity index is 0.000000135. The second-order valence-corrected chi connectivity index (χ2v) is 23.7. The zero-order valence-electron chi connectivity index (χ0n) is 51.7. The number of nitriles is 2. The van der Waals surface area contributed by atoms with Gasteiger partial charge >= 0.3 is 7.12 Å². The van der Waals surface area contributed by atoms with E-state index in [9.17, 15) is 10.0 Å². The fraction of sp³-hybridized carbons (Fsp3) is 0. The van der Waals surface area contributed by atoms with Crippen molar-refractivity contribution in [2.24, 2.45) is 0 Å². The number of fused-ring (bicyclic) bond motifs is 4. The third-order valence-corrected chi connectivity index (χ3v) is 17.6. The van der Waals surface area contributed by atoms with E-state index in [1.165, 1.54) is 22.3 Å². The van der Waals surface area contributed by atoms with Gasteiger partial charge in [0.05, 0.1) is 45.7 Å². The number of benzene rings is 14. The van der Waals surface area contributed by atoms with E-state index in [4.69, 9.17) is 20.5 Å². The van der Waals surface area contributed by atoms with Crippen molar-refractivity contribution >= 4 is 71.9 Å². The van der Waals surface area contributed by atoms with Gasteiger partial charge in [0.25, 0.3) is 0 Å². The first-order valence-corrected chi connectivity index (χ1v) is 32.2. The molecule has 452 valence electrons. The summed E-state index contributed by atoms with van der Waals surface area (Å²) in [7, 11) is -1.50. The van der Waals surface area contributed by atoms with Gasteiger partial charge in [0, 0.05) is 27.5 Å². The largest absolute Gasteiger partial charge is 0.489 e. The van der Waals surface area contributed by atoms with Crippen LogP contribution in [0.2, 0.25) is 0 Å². The fourth-order valence-electron chi connectivity index (χ4n) is 12.3. The number of hydrogen-bond acceptors (Lipinski definition) is 8. The highest BCUT2D eigenvalue weighted by Gasteiger charge is 2.19. The lowest BCUT2D eigenvalue weighted by molar-refractivity contribution is 0.426. The van der Waals surface area contributed by atoms with Crippen molar-refractivity contribution in [2.75, 3.05) is 0 Å². The molecule has 0 amide bonds. The number of aromatic nitrogens is 4. The number of nitrogens with zero attached hydrogens (tertiary/aromatic N) is 6. The molecule has 2 aromatic heterocycles. The smallest absolute Gasteiger partial charge is 0.423 e. The summed E-state index contributed by atoms with van der Waals surface area (Å²) in [5.74, 6) is 0.708. The lowest BCUT2D eigenvalue weighted by Gasteiger charge is -2.14. The Morgan fingerprint density at radius 3 is 0.990 bits per heavy atom. The number of rotatable bonds is 10. The van der Waals surface area contributed by atoms with Crippen molar-refractivity contribution in [3.63, 3.8) is 0 Å². The van der Waals surface area contributed by atoms with Crippen molar-refractivity contribution in [1.82, 2.24) is 19.9 Å². The Hall–Kier alpha value is -12.3. The first kappa shape index (κ1) is 61.2. The fourth-order valence-corrected chi connectivity index (χ4v) is 12.7. The Morgan fingerprint density at radius 2 is 0.562 bits per heavy atom. The van der Waals surface area contributed by atoms with Gasteiger partial charge in [-0.2, -0.15) is 10.5 Å². The van der Waals surface area contributed by atoms with Gasteiger partial charge in [-0.1, -0.05) is 285 Å². The van der Waals surface area contributed by atoms with Gasteiger partial charge in [-0.25, -0.2) is 19.9 Å². The minimum absolute atomic E-state index is 0.503. The predicted molar refractivity (Wildman–Crippen MR) is 396 cm³/mol. The monoisotopic (exact) mass is 1290 g/mol. The number of halogens is 1. The van der Waals surface area contributed by atoms with Gasteiger partial charge in [0.2, 0.25) is 0 Å². The molecule has 0 bridgehead atoms. The van der Waals surface area contributed by atoms with Crippen LogP contribution in [0.5, 0.6) is 0 Å². The molecular formula is C86H56BBrN6O2. The Morgan fingerprint density at radius 1 is 0.260 bits per heavy atom. The summed E-state index contributed by atoms with van der Waals surface area (Å²) >= 11 is 3.41. The molecule has 14 aromatic carbocycles. The van der Waals surface area contributed by atoms with E-state index in [0.29, 0.717) is 27.1 Å². The van der Waals surface area contributed by atoms with Gasteiger partial charge in [-0.05, 0) is 152 Å².